The number of methoxy groups -OCH3 is 1. The molecule has 9 heteroatoms. The van der Waals surface area contributed by atoms with Gasteiger partial charge in [0.2, 0.25) is 5.91 Å². The van der Waals surface area contributed by atoms with Gasteiger partial charge in [-0.15, -0.1) is 0 Å². The summed E-state index contributed by atoms with van der Waals surface area (Å²) in [5.74, 6) is -2.38. The molecule has 4 rings (SSSR count). The van der Waals surface area contributed by atoms with Gasteiger partial charge in [-0.2, -0.15) is 5.26 Å². The molecule has 0 aliphatic carbocycles. The quantitative estimate of drug-likeness (QED) is 0.705. The molecule has 4 heterocycles. The molecule has 1 amide bonds. The molecule has 2 aromatic heterocycles. The van der Waals surface area contributed by atoms with Crippen molar-refractivity contribution in [2.75, 3.05) is 25.1 Å². The van der Waals surface area contributed by atoms with Crippen molar-refractivity contribution in [2.24, 2.45) is 0 Å². The zero-order valence-electron chi connectivity index (χ0n) is 17.2. The number of hydrogen-bond donors (Lipinski definition) is 0. The summed E-state index contributed by atoms with van der Waals surface area (Å²) in [6.07, 6.45) is 5.04. The van der Waals surface area contributed by atoms with E-state index < -0.39 is 12.3 Å². The third-order valence-corrected chi connectivity index (χ3v) is 6.00. The average Bonchev–Trinajstić information content (AvgIpc) is 3.06. The van der Waals surface area contributed by atoms with Crippen molar-refractivity contribution in [1.29, 1.82) is 5.26 Å². The molecule has 31 heavy (non-hydrogen) atoms. The van der Waals surface area contributed by atoms with Crippen LogP contribution in [0.4, 0.5) is 14.6 Å². The maximum atomic E-state index is 14.6. The number of nitrogens with zero attached hydrogens (tertiary/aromatic N) is 5. The van der Waals surface area contributed by atoms with Crippen LogP contribution in [-0.2, 0) is 10.7 Å². The molecule has 2 aromatic rings. The van der Waals surface area contributed by atoms with Crippen molar-refractivity contribution in [3.63, 3.8) is 0 Å². The minimum Gasteiger partial charge on any atom is -0.495 e. The van der Waals surface area contributed by atoms with E-state index in [1.54, 1.807) is 17.2 Å². The maximum Gasteiger partial charge on any atom is 0.275 e. The summed E-state index contributed by atoms with van der Waals surface area (Å²) in [5.41, 5.74) is 0.244. The number of rotatable bonds is 6. The SMILES string of the molecule is COc1cncc(C(F)(F)CCC(=O)N2CC3CC[C@@H](C2)N3c2ccc(C#N)cn2)c1. The van der Waals surface area contributed by atoms with E-state index in [1.807, 2.05) is 6.07 Å². The van der Waals surface area contributed by atoms with Gasteiger partial charge >= 0.3 is 0 Å². The van der Waals surface area contributed by atoms with Crippen LogP contribution in [0.5, 0.6) is 5.75 Å². The second kappa shape index (κ2) is 8.46. The fourth-order valence-corrected chi connectivity index (χ4v) is 4.38. The summed E-state index contributed by atoms with van der Waals surface area (Å²) in [5, 5.41) is 8.95. The molecule has 2 aliphatic heterocycles. The molecule has 2 atom stereocenters. The van der Waals surface area contributed by atoms with E-state index in [4.69, 9.17) is 10.00 Å². The van der Waals surface area contributed by atoms with Gasteiger partial charge in [0.05, 0.1) is 18.9 Å². The van der Waals surface area contributed by atoms with Crippen LogP contribution in [-0.4, -0.2) is 53.1 Å². The number of amides is 1. The Morgan fingerprint density at radius 2 is 2.00 bits per heavy atom. The summed E-state index contributed by atoms with van der Waals surface area (Å²) in [7, 11) is 1.39. The molecule has 0 N–H and O–H groups in total. The number of nitriles is 1. The molecule has 2 saturated heterocycles. The monoisotopic (exact) mass is 427 g/mol. The molecule has 2 aliphatic rings. The van der Waals surface area contributed by atoms with Crippen molar-refractivity contribution in [3.8, 4) is 11.8 Å². The van der Waals surface area contributed by atoms with Crippen LogP contribution in [0.3, 0.4) is 0 Å². The number of anilines is 1. The third kappa shape index (κ3) is 4.29. The number of carbonyl (C=O) groups excluding carboxylic acids is 1. The van der Waals surface area contributed by atoms with Crippen molar-refractivity contribution in [1.82, 2.24) is 14.9 Å². The molecule has 162 valence electrons. The van der Waals surface area contributed by atoms with Gasteiger partial charge in [0.15, 0.2) is 0 Å². The number of pyridine rings is 2. The highest BCUT2D eigenvalue weighted by Crippen LogP contribution is 2.36. The van der Waals surface area contributed by atoms with Gasteiger partial charge in [-0.05, 0) is 31.0 Å². The van der Waals surface area contributed by atoms with Crippen molar-refractivity contribution >= 4 is 11.7 Å². The minimum atomic E-state index is -3.16. The average molecular weight is 427 g/mol. The Morgan fingerprint density at radius 3 is 2.61 bits per heavy atom. The van der Waals surface area contributed by atoms with Crippen molar-refractivity contribution < 1.29 is 18.3 Å². The van der Waals surface area contributed by atoms with Gasteiger partial charge in [0, 0.05) is 56.0 Å². The van der Waals surface area contributed by atoms with Gasteiger partial charge in [-0.1, -0.05) is 0 Å². The summed E-state index contributed by atoms with van der Waals surface area (Å²) < 4.78 is 34.2. The molecule has 0 spiro atoms. The number of piperazine rings is 1. The summed E-state index contributed by atoms with van der Waals surface area (Å²) in [6, 6.07) is 7.07. The Morgan fingerprint density at radius 1 is 1.26 bits per heavy atom. The highest BCUT2D eigenvalue weighted by Gasteiger charge is 2.42. The number of aromatic nitrogens is 2. The van der Waals surface area contributed by atoms with E-state index in [-0.39, 0.29) is 35.7 Å². The predicted molar refractivity (Wildman–Crippen MR) is 109 cm³/mol. The standard InChI is InChI=1S/C22H23F2N5O2/c1-31-19-8-16(11-26-12-19)22(23,24)7-6-21(30)28-13-17-3-4-18(14-28)29(17)20-5-2-15(9-25)10-27-20/h2,5,8,10-12,17-18H,3-4,6-7,13-14H2,1H3/t17-,18?/m0/s1. The minimum absolute atomic E-state index is 0.103. The number of hydrogen-bond acceptors (Lipinski definition) is 6. The van der Waals surface area contributed by atoms with Crippen molar-refractivity contribution in [3.05, 3.63) is 47.9 Å². The first kappa shape index (κ1) is 21.0. The molecule has 0 aromatic carbocycles. The second-order valence-electron chi connectivity index (χ2n) is 7.93. The lowest BCUT2D eigenvalue weighted by molar-refractivity contribution is -0.134. The van der Waals surface area contributed by atoms with Crippen LogP contribution >= 0.6 is 0 Å². The Balaban J connectivity index is 1.38. The number of likely N-dealkylation sites (tertiary alicyclic amines) is 1. The molecule has 0 saturated carbocycles. The number of carbonyl (C=O) groups is 1. The second-order valence-corrected chi connectivity index (χ2v) is 7.93. The smallest absolute Gasteiger partial charge is 0.275 e. The van der Waals surface area contributed by atoms with Crippen LogP contribution in [0, 0.1) is 11.3 Å². The molecule has 7 nitrogen and oxygen atoms in total. The molecular weight excluding hydrogens is 404 g/mol. The van der Waals surface area contributed by atoms with E-state index in [2.05, 4.69) is 20.9 Å². The molecule has 0 radical (unpaired) electrons. The lowest BCUT2D eigenvalue weighted by atomic mass is 10.0. The van der Waals surface area contributed by atoms with Crippen LogP contribution in [0.25, 0.3) is 0 Å². The van der Waals surface area contributed by atoms with Crippen LogP contribution in [0.2, 0.25) is 0 Å². The molecular formula is C22H23F2N5O2. The Hall–Kier alpha value is -3.28. The van der Waals surface area contributed by atoms with Gasteiger partial charge in [-0.3, -0.25) is 9.78 Å². The van der Waals surface area contributed by atoms with E-state index in [1.165, 1.54) is 19.4 Å². The zero-order chi connectivity index (χ0) is 22.0. The maximum absolute atomic E-state index is 14.6. The lowest BCUT2D eigenvalue weighted by Crippen LogP contribution is -2.55. The first-order valence-corrected chi connectivity index (χ1v) is 10.2. The number of halogens is 2. The first-order valence-electron chi connectivity index (χ1n) is 10.2. The van der Waals surface area contributed by atoms with Crippen molar-refractivity contribution in [2.45, 2.75) is 43.7 Å². The highest BCUT2D eigenvalue weighted by atomic mass is 19.3. The normalized spacial score (nSPS) is 20.5. The Kier molecular flexibility index (Phi) is 5.72. The summed E-state index contributed by atoms with van der Waals surface area (Å²) in [6.45, 7) is 0.979. The summed E-state index contributed by atoms with van der Waals surface area (Å²) >= 11 is 0. The molecule has 1 unspecified atom stereocenters. The fraction of sp³-hybridized carbons (Fsp3) is 0.455. The number of ether oxygens (including phenoxy) is 1. The molecule has 2 fully saturated rings. The van der Waals surface area contributed by atoms with Crippen LogP contribution < -0.4 is 9.64 Å². The zero-order valence-corrected chi connectivity index (χ0v) is 17.2. The van der Waals surface area contributed by atoms with Gasteiger partial charge < -0.3 is 14.5 Å². The van der Waals surface area contributed by atoms with E-state index in [0.717, 1.165) is 24.9 Å². The topological polar surface area (TPSA) is 82.4 Å². The van der Waals surface area contributed by atoms with Gasteiger partial charge in [0.25, 0.3) is 5.92 Å². The first-order chi connectivity index (χ1) is 14.9. The van der Waals surface area contributed by atoms with E-state index >= 15 is 0 Å². The number of alkyl halides is 2. The largest absolute Gasteiger partial charge is 0.495 e. The van der Waals surface area contributed by atoms with Gasteiger partial charge in [0.1, 0.15) is 17.6 Å². The van der Waals surface area contributed by atoms with E-state index in [9.17, 15) is 13.6 Å². The summed E-state index contributed by atoms with van der Waals surface area (Å²) in [4.78, 5) is 24.8. The molecule has 2 bridgehead atoms. The van der Waals surface area contributed by atoms with E-state index in [0.29, 0.717) is 18.7 Å². The van der Waals surface area contributed by atoms with Gasteiger partial charge in [-0.25, -0.2) is 13.8 Å². The number of fused-ring (bicyclic) bond motifs is 2. The van der Waals surface area contributed by atoms with Crippen LogP contribution in [0.15, 0.2) is 36.8 Å². The Labute approximate surface area is 179 Å². The van der Waals surface area contributed by atoms with Crippen LogP contribution in [0.1, 0.15) is 36.8 Å². The lowest BCUT2D eigenvalue weighted by Gasteiger charge is -2.42. The Bertz CT molecular complexity index is 978. The highest BCUT2D eigenvalue weighted by molar-refractivity contribution is 5.77. The predicted octanol–water partition coefficient (Wildman–Crippen LogP) is 3.11. The third-order valence-electron chi connectivity index (χ3n) is 6.00. The fourth-order valence-electron chi connectivity index (χ4n) is 4.38.